The fourth-order valence-corrected chi connectivity index (χ4v) is 2.79. The Morgan fingerprint density at radius 3 is 2.29 bits per heavy atom. The molecule has 2 N–H and O–H groups in total. The van der Waals surface area contributed by atoms with Gasteiger partial charge < -0.3 is 10.2 Å². The van der Waals surface area contributed by atoms with Crippen LogP contribution in [0.4, 0.5) is 0 Å². The fraction of sp³-hybridized carbons (Fsp3) is 0.529. The zero-order chi connectivity index (χ0) is 16.0. The van der Waals surface area contributed by atoms with E-state index in [0.29, 0.717) is 5.56 Å². The van der Waals surface area contributed by atoms with E-state index in [2.05, 4.69) is 6.92 Å². The second kappa shape index (κ2) is 7.81. The van der Waals surface area contributed by atoms with Gasteiger partial charge in [-0.25, -0.2) is 9.59 Å². The Kier molecular flexibility index (Phi) is 6.40. The lowest BCUT2D eigenvalue weighted by molar-refractivity contribution is 0.0650. The van der Waals surface area contributed by atoms with Crippen molar-refractivity contribution >= 4 is 11.9 Å². The molecule has 116 valence electrons. The second-order valence-corrected chi connectivity index (χ2v) is 5.58. The van der Waals surface area contributed by atoms with E-state index in [-0.39, 0.29) is 17.0 Å². The molecule has 0 saturated heterocycles. The van der Waals surface area contributed by atoms with Gasteiger partial charge in [0.2, 0.25) is 0 Å². The highest BCUT2D eigenvalue weighted by Crippen LogP contribution is 2.30. The van der Waals surface area contributed by atoms with Crippen LogP contribution in [-0.4, -0.2) is 22.2 Å². The van der Waals surface area contributed by atoms with Crippen LogP contribution in [0.15, 0.2) is 12.1 Å². The molecule has 0 aliphatic heterocycles. The summed E-state index contributed by atoms with van der Waals surface area (Å²) in [5.74, 6) is -2.30. The molecular weight excluding hydrogens is 268 g/mol. The van der Waals surface area contributed by atoms with Crippen molar-refractivity contribution < 1.29 is 19.8 Å². The molecule has 21 heavy (non-hydrogen) atoms. The van der Waals surface area contributed by atoms with E-state index < -0.39 is 11.9 Å². The second-order valence-electron chi connectivity index (χ2n) is 5.58. The van der Waals surface area contributed by atoms with Crippen LogP contribution < -0.4 is 0 Å². The molecule has 0 saturated carbocycles. The predicted molar refractivity (Wildman–Crippen MR) is 82.3 cm³/mol. The molecule has 0 heterocycles. The van der Waals surface area contributed by atoms with Gasteiger partial charge in [0.15, 0.2) is 0 Å². The molecule has 4 heteroatoms. The summed E-state index contributed by atoms with van der Waals surface area (Å²) in [7, 11) is 0. The van der Waals surface area contributed by atoms with Crippen LogP contribution in [0.2, 0.25) is 0 Å². The zero-order valence-electron chi connectivity index (χ0n) is 13.0. The Hall–Kier alpha value is -1.84. The van der Waals surface area contributed by atoms with Crippen molar-refractivity contribution in [3.63, 3.8) is 0 Å². The standard InChI is InChI=1S/C17H24O4/c1-4-5-6-7-8-11(2)14-12(3)9-10-13(16(18)19)15(14)17(20)21/h9-11H,4-8H2,1-3H3,(H,18,19)(H,20,21). The molecule has 1 rings (SSSR count). The minimum atomic E-state index is -1.19. The number of hydrogen-bond acceptors (Lipinski definition) is 2. The van der Waals surface area contributed by atoms with E-state index in [4.69, 9.17) is 0 Å². The summed E-state index contributed by atoms with van der Waals surface area (Å²) in [6.07, 6.45) is 5.37. The van der Waals surface area contributed by atoms with Crippen LogP contribution in [0.25, 0.3) is 0 Å². The van der Waals surface area contributed by atoms with E-state index in [0.717, 1.165) is 31.2 Å². The van der Waals surface area contributed by atoms with Crippen molar-refractivity contribution in [3.05, 3.63) is 34.4 Å². The third-order valence-electron chi connectivity index (χ3n) is 3.89. The molecule has 4 nitrogen and oxygen atoms in total. The SMILES string of the molecule is CCCCCCC(C)c1c(C)ccc(C(=O)O)c1C(=O)O. The lowest BCUT2D eigenvalue weighted by atomic mass is 9.85. The van der Waals surface area contributed by atoms with Crippen molar-refractivity contribution in [2.45, 2.75) is 58.8 Å². The molecule has 1 unspecified atom stereocenters. The lowest BCUT2D eigenvalue weighted by Gasteiger charge is -2.19. The number of benzene rings is 1. The number of carbonyl (C=O) groups is 2. The molecule has 0 radical (unpaired) electrons. The summed E-state index contributed by atoms with van der Waals surface area (Å²) < 4.78 is 0. The maximum atomic E-state index is 11.5. The van der Waals surface area contributed by atoms with E-state index in [1.165, 1.54) is 12.5 Å². The van der Waals surface area contributed by atoms with E-state index >= 15 is 0 Å². The summed E-state index contributed by atoms with van der Waals surface area (Å²) in [6.45, 7) is 5.97. The average molecular weight is 292 g/mol. The van der Waals surface area contributed by atoms with E-state index in [9.17, 15) is 19.8 Å². The van der Waals surface area contributed by atoms with Crippen LogP contribution >= 0.6 is 0 Å². The Morgan fingerprint density at radius 2 is 1.76 bits per heavy atom. The Morgan fingerprint density at radius 1 is 1.10 bits per heavy atom. The smallest absolute Gasteiger partial charge is 0.336 e. The molecule has 1 aromatic carbocycles. The lowest BCUT2D eigenvalue weighted by Crippen LogP contribution is -2.14. The van der Waals surface area contributed by atoms with Crippen molar-refractivity contribution in [2.24, 2.45) is 0 Å². The summed E-state index contributed by atoms with van der Waals surface area (Å²) in [6, 6.07) is 3.09. The van der Waals surface area contributed by atoms with Crippen molar-refractivity contribution in [3.8, 4) is 0 Å². The molecule has 0 aromatic heterocycles. The average Bonchev–Trinajstić information content (AvgIpc) is 2.42. The number of carboxylic acids is 2. The van der Waals surface area contributed by atoms with Crippen molar-refractivity contribution in [1.82, 2.24) is 0 Å². The van der Waals surface area contributed by atoms with Gasteiger partial charge in [0.1, 0.15) is 0 Å². The number of aryl methyl sites for hydroxylation is 1. The van der Waals surface area contributed by atoms with Crippen LogP contribution in [0.1, 0.15) is 83.7 Å². The van der Waals surface area contributed by atoms with Gasteiger partial charge in [0, 0.05) is 0 Å². The van der Waals surface area contributed by atoms with Crippen LogP contribution in [0, 0.1) is 6.92 Å². The molecule has 0 bridgehead atoms. The summed E-state index contributed by atoms with van der Waals surface area (Å²) >= 11 is 0. The highest BCUT2D eigenvalue weighted by molar-refractivity contribution is 6.03. The minimum Gasteiger partial charge on any atom is -0.478 e. The normalized spacial score (nSPS) is 12.1. The number of aromatic carboxylic acids is 2. The zero-order valence-corrected chi connectivity index (χ0v) is 13.0. The molecule has 0 fully saturated rings. The van der Waals surface area contributed by atoms with E-state index in [1.54, 1.807) is 6.07 Å². The summed E-state index contributed by atoms with van der Waals surface area (Å²) in [5, 5.41) is 18.6. The highest BCUT2D eigenvalue weighted by Gasteiger charge is 2.24. The Labute approximate surface area is 125 Å². The van der Waals surface area contributed by atoms with Gasteiger partial charge in [-0.1, -0.05) is 45.6 Å². The van der Waals surface area contributed by atoms with Crippen LogP contribution in [0.3, 0.4) is 0 Å². The first-order valence-corrected chi connectivity index (χ1v) is 7.50. The third kappa shape index (κ3) is 4.31. The van der Waals surface area contributed by atoms with Gasteiger partial charge in [-0.15, -0.1) is 0 Å². The quantitative estimate of drug-likeness (QED) is 0.693. The number of rotatable bonds is 8. The fourth-order valence-electron chi connectivity index (χ4n) is 2.79. The summed E-state index contributed by atoms with van der Waals surface area (Å²) in [5.41, 5.74) is 1.34. The number of unbranched alkanes of at least 4 members (excludes halogenated alkanes) is 3. The Bertz CT molecular complexity index is 520. The predicted octanol–water partition coefficient (Wildman–Crippen LogP) is 4.47. The summed E-state index contributed by atoms with van der Waals surface area (Å²) in [4.78, 5) is 22.8. The molecule has 0 aliphatic rings. The molecule has 1 atom stereocenters. The monoisotopic (exact) mass is 292 g/mol. The van der Waals surface area contributed by atoms with Crippen LogP contribution in [-0.2, 0) is 0 Å². The molecular formula is C17H24O4. The van der Waals surface area contributed by atoms with Crippen LogP contribution in [0.5, 0.6) is 0 Å². The molecule has 0 aliphatic carbocycles. The van der Waals surface area contributed by atoms with Crippen molar-refractivity contribution in [1.29, 1.82) is 0 Å². The van der Waals surface area contributed by atoms with Gasteiger partial charge in [-0.3, -0.25) is 0 Å². The largest absolute Gasteiger partial charge is 0.478 e. The maximum Gasteiger partial charge on any atom is 0.336 e. The van der Waals surface area contributed by atoms with Gasteiger partial charge in [0.25, 0.3) is 0 Å². The maximum absolute atomic E-state index is 11.5. The van der Waals surface area contributed by atoms with E-state index in [1.807, 2.05) is 13.8 Å². The third-order valence-corrected chi connectivity index (χ3v) is 3.89. The minimum absolute atomic E-state index is 0.0484. The molecule has 0 spiro atoms. The highest BCUT2D eigenvalue weighted by atomic mass is 16.4. The Balaban J connectivity index is 3.11. The first-order valence-electron chi connectivity index (χ1n) is 7.50. The first-order chi connectivity index (χ1) is 9.90. The number of hydrogen-bond donors (Lipinski definition) is 2. The van der Waals surface area contributed by atoms with Gasteiger partial charge in [0.05, 0.1) is 11.1 Å². The molecule has 1 aromatic rings. The molecule has 0 amide bonds. The van der Waals surface area contributed by atoms with Crippen molar-refractivity contribution in [2.75, 3.05) is 0 Å². The van der Waals surface area contributed by atoms with Gasteiger partial charge in [-0.2, -0.15) is 0 Å². The van der Waals surface area contributed by atoms with Gasteiger partial charge in [-0.05, 0) is 36.5 Å². The topological polar surface area (TPSA) is 74.6 Å². The van der Waals surface area contributed by atoms with Gasteiger partial charge >= 0.3 is 11.9 Å². The first kappa shape index (κ1) is 17.2. The number of carboxylic acid groups (broad SMARTS) is 2.